The number of fused-ring (bicyclic) bond motifs is 1. The molecule has 0 fully saturated rings. The van der Waals surface area contributed by atoms with Crippen LogP contribution in [0.1, 0.15) is 34.1 Å². The fourth-order valence-electron chi connectivity index (χ4n) is 3.90. The lowest BCUT2D eigenvalue weighted by Crippen LogP contribution is -2.23. The molecule has 10 nitrogen and oxygen atoms in total. The molecule has 1 amide bonds. The first-order chi connectivity index (χ1) is 16.4. The third kappa shape index (κ3) is 4.35. The van der Waals surface area contributed by atoms with E-state index in [0.717, 1.165) is 22.5 Å². The number of rotatable bonds is 6. The van der Waals surface area contributed by atoms with Gasteiger partial charge in [-0.2, -0.15) is 0 Å². The summed E-state index contributed by atoms with van der Waals surface area (Å²) in [6.07, 6.45) is 4.90. The third-order valence-electron chi connectivity index (χ3n) is 5.55. The maximum absolute atomic E-state index is 12.9. The second kappa shape index (κ2) is 8.95. The van der Waals surface area contributed by atoms with E-state index in [-0.39, 0.29) is 26.9 Å². The van der Waals surface area contributed by atoms with Crippen molar-refractivity contribution in [3.05, 3.63) is 57.4 Å². The number of nitrogens with zero attached hydrogens (tertiary/aromatic N) is 2. The number of nitrogens with one attached hydrogen (secondary N) is 2. The quantitative estimate of drug-likeness (QED) is 0.359. The number of pyridine rings is 2. The largest absolute Gasteiger partial charge is 0.455 e. The van der Waals surface area contributed by atoms with Crippen molar-refractivity contribution in [2.45, 2.75) is 31.9 Å². The molecule has 0 unspecified atom stereocenters. The predicted octanol–water partition coefficient (Wildman–Crippen LogP) is 3.10. The Kier molecular flexibility index (Phi) is 6.30. The third-order valence-corrected chi connectivity index (χ3v) is 8.43. The maximum Gasteiger partial charge on any atom is 0.274 e. The second-order valence-electron chi connectivity index (χ2n) is 8.21. The van der Waals surface area contributed by atoms with E-state index in [9.17, 15) is 18.0 Å². The summed E-state index contributed by atoms with van der Waals surface area (Å²) in [6, 6.07) is 1.58. The smallest absolute Gasteiger partial charge is 0.274 e. The number of primary sulfonamides is 1. The number of H-pyrrole nitrogens is 1. The van der Waals surface area contributed by atoms with Crippen molar-refractivity contribution in [3.63, 3.8) is 0 Å². The number of amides is 1. The Bertz CT molecular complexity index is 1630. The van der Waals surface area contributed by atoms with Gasteiger partial charge in [0.25, 0.3) is 11.5 Å². The van der Waals surface area contributed by atoms with Crippen molar-refractivity contribution in [1.29, 1.82) is 0 Å². The summed E-state index contributed by atoms with van der Waals surface area (Å²) in [4.78, 5) is 32.8. The minimum absolute atomic E-state index is 0.0478. The SMILES string of the molecule is CCNC(=O)c1cc2c(-c3sc(S(N)(=O)=O)c(C)c3Oc3c(C)cncc3C)cn(C)c(=O)c2[nH]1. The van der Waals surface area contributed by atoms with Crippen molar-refractivity contribution in [2.24, 2.45) is 12.2 Å². The average Bonchev–Trinajstić information content (AvgIpc) is 3.36. The minimum Gasteiger partial charge on any atom is -0.455 e. The van der Waals surface area contributed by atoms with Crippen LogP contribution >= 0.6 is 11.3 Å². The van der Waals surface area contributed by atoms with E-state index in [0.29, 0.717) is 39.4 Å². The van der Waals surface area contributed by atoms with Crippen LogP contribution < -0.4 is 20.8 Å². The van der Waals surface area contributed by atoms with Crippen LogP contribution in [0.2, 0.25) is 0 Å². The first-order valence-corrected chi connectivity index (χ1v) is 13.1. The summed E-state index contributed by atoms with van der Waals surface area (Å²) in [5.41, 5.74) is 2.52. The van der Waals surface area contributed by atoms with Crippen LogP contribution in [-0.4, -0.2) is 35.4 Å². The van der Waals surface area contributed by atoms with Gasteiger partial charge in [-0.3, -0.25) is 14.6 Å². The summed E-state index contributed by atoms with van der Waals surface area (Å²) in [6.45, 7) is 7.51. The molecule has 4 aromatic heterocycles. The summed E-state index contributed by atoms with van der Waals surface area (Å²) < 4.78 is 32.4. The Morgan fingerprint density at radius 3 is 2.49 bits per heavy atom. The van der Waals surface area contributed by atoms with Crippen molar-refractivity contribution in [3.8, 4) is 21.9 Å². The molecule has 35 heavy (non-hydrogen) atoms. The van der Waals surface area contributed by atoms with Crippen LogP contribution in [0.3, 0.4) is 0 Å². The van der Waals surface area contributed by atoms with Crippen molar-refractivity contribution >= 4 is 38.2 Å². The van der Waals surface area contributed by atoms with E-state index >= 15 is 0 Å². The van der Waals surface area contributed by atoms with Crippen LogP contribution in [0.5, 0.6) is 11.5 Å². The highest BCUT2D eigenvalue weighted by atomic mass is 32.2. The summed E-state index contributed by atoms with van der Waals surface area (Å²) in [5, 5.41) is 8.68. The first-order valence-electron chi connectivity index (χ1n) is 10.7. The Morgan fingerprint density at radius 2 is 1.89 bits per heavy atom. The summed E-state index contributed by atoms with van der Waals surface area (Å²) in [7, 11) is -2.48. The number of carbonyl (C=O) groups excluding carboxylic acids is 1. The molecule has 4 rings (SSSR count). The Balaban J connectivity index is 2.04. The molecule has 0 aliphatic rings. The Morgan fingerprint density at radius 1 is 1.23 bits per heavy atom. The fourth-order valence-corrected chi connectivity index (χ4v) is 6.12. The zero-order valence-corrected chi connectivity index (χ0v) is 21.5. The molecular formula is C23H25N5O5S2. The normalized spacial score (nSPS) is 11.7. The van der Waals surface area contributed by atoms with Gasteiger partial charge >= 0.3 is 0 Å². The van der Waals surface area contributed by atoms with Crippen LogP contribution in [0.25, 0.3) is 21.3 Å². The van der Waals surface area contributed by atoms with E-state index in [2.05, 4.69) is 15.3 Å². The minimum atomic E-state index is -4.06. The molecule has 0 aliphatic heterocycles. The fraction of sp³-hybridized carbons (Fsp3) is 0.261. The van der Waals surface area contributed by atoms with Crippen molar-refractivity contribution in [1.82, 2.24) is 19.9 Å². The number of thiophene rings is 1. The maximum atomic E-state index is 12.9. The lowest BCUT2D eigenvalue weighted by Gasteiger charge is -2.14. The molecule has 0 aliphatic carbocycles. The van der Waals surface area contributed by atoms with Gasteiger partial charge in [0.15, 0.2) is 0 Å². The standard InChI is InChI=1S/C23H25N5O5S2/c1-6-26-21(29)16-7-14-15(10-28(5)22(30)17(14)27-16)20-19(13(4)23(34-20)35(24,31)32)33-18-11(2)8-25-9-12(18)3/h7-10,27H,6H2,1-5H3,(H,26,29)(H2,24,31,32). The van der Waals surface area contributed by atoms with E-state index < -0.39 is 10.0 Å². The summed E-state index contributed by atoms with van der Waals surface area (Å²) >= 11 is 0.951. The van der Waals surface area contributed by atoms with E-state index in [1.165, 1.54) is 4.57 Å². The molecule has 4 heterocycles. The van der Waals surface area contributed by atoms with E-state index in [1.54, 1.807) is 45.6 Å². The molecular weight excluding hydrogens is 490 g/mol. The molecule has 4 N–H and O–H groups in total. The molecule has 184 valence electrons. The van der Waals surface area contributed by atoms with Crippen LogP contribution in [0.4, 0.5) is 0 Å². The number of hydrogen-bond donors (Lipinski definition) is 3. The highest BCUT2D eigenvalue weighted by Gasteiger charge is 2.28. The number of nitrogens with two attached hydrogens (primary N) is 1. The van der Waals surface area contributed by atoms with Crippen LogP contribution in [0, 0.1) is 20.8 Å². The number of aromatic amines is 1. The molecule has 0 spiro atoms. The number of ether oxygens (including phenoxy) is 1. The van der Waals surface area contributed by atoms with Gasteiger partial charge in [-0.05, 0) is 33.8 Å². The van der Waals surface area contributed by atoms with Gasteiger partial charge in [0.05, 0.1) is 4.88 Å². The molecule has 0 saturated heterocycles. The molecule has 12 heteroatoms. The highest BCUT2D eigenvalue weighted by Crippen LogP contribution is 2.48. The number of hydrogen-bond acceptors (Lipinski definition) is 7. The lowest BCUT2D eigenvalue weighted by atomic mass is 10.1. The number of carbonyl (C=O) groups is 1. The van der Waals surface area contributed by atoms with Crippen LogP contribution in [-0.2, 0) is 17.1 Å². The molecule has 0 saturated carbocycles. The summed E-state index contributed by atoms with van der Waals surface area (Å²) in [5.74, 6) is 0.488. The molecule has 0 aromatic carbocycles. The number of aromatic nitrogens is 3. The lowest BCUT2D eigenvalue weighted by molar-refractivity contribution is 0.0951. The second-order valence-corrected chi connectivity index (χ2v) is 11.0. The van der Waals surface area contributed by atoms with Crippen molar-refractivity contribution in [2.75, 3.05) is 6.54 Å². The number of aryl methyl sites for hydroxylation is 3. The Hall–Kier alpha value is -3.48. The van der Waals surface area contributed by atoms with E-state index in [4.69, 9.17) is 9.88 Å². The van der Waals surface area contributed by atoms with E-state index in [1.807, 2.05) is 13.8 Å². The molecule has 0 atom stereocenters. The zero-order valence-electron chi connectivity index (χ0n) is 19.8. The predicted molar refractivity (Wildman–Crippen MR) is 135 cm³/mol. The first kappa shape index (κ1) is 24.6. The highest BCUT2D eigenvalue weighted by molar-refractivity contribution is 7.91. The van der Waals surface area contributed by atoms with Crippen LogP contribution in [0.15, 0.2) is 33.7 Å². The zero-order chi connectivity index (χ0) is 25.7. The molecule has 4 aromatic rings. The average molecular weight is 516 g/mol. The topological polar surface area (TPSA) is 149 Å². The van der Waals surface area contributed by atoms with Gasteiger partial charge in [-0.25, -0.2) is 13.6 Å². The van der Waals surface area contributed by atoms with Gasteiger partial charge in [-0.15, -0.1) is 11.3 Å². The number of sulfonamides is 1. The Labute approximate surface area is 205 Å². The van der Waals surface area contributed by atoms with Gasteiger partial charge in [0.1, 0.15) is 26.9 Å². The van der Waals surface area contributed by atoms with Gasteiger partial charge < -0.3 is 19.6 Å². The van der Waals surface area contributed by atoms with Crippen molar-refractivity contribution < 1.29 is 17.9 Å². The molecule has 0 radical (unpaired) electrons. The monoisotopic (exact) mass is 515 g/mol. The van der Waals surface area contributed by atoms with Gasteiger partial charge in [-0.1, -0.05) is 0 Å². The molecule has 0 bridgehead atoms. The van der Waals surface area contributed by atoms with Gasteiger partial charge in [0.2, 0.25) is 10.0 Å². The van der Waals surface area contributed by atoms with Gasteiger partial charge in [0, 0.05) is 59.8 Å².